The summed E-state index contributed by atoms with van der Waals surface area (Å²) in [6, 6.07) is 17.4. The molecule has 21 heavy (non-hydrogen) atoms. The Bertz CT molecular complexity index is 777. The van der Waals surface area contributed by atoms with Crippen molar-refractivity contribution in [2.75, 3.05) is 0 Å². The Morgan fingerprint density at radius 1 is 1.05 bits per heavy atom. The average molecular weight is 297 g/mol. The van der Waals surface area contributed by atoms with Crippen LogP contribution in [0, 0.1) is 6.92 Å². The molecule has 4 heteroatoms. The molecule has 0 saturated heterocycles. The Morgan fingerprint density at radius 2 is 1.71 bits per heavy atom. The van der Waals surface area contributed by atoms with E-state index in [1.807, 2.05) is 61.5 Å². The van der Waals surface area contributed by atoms with Crippen molar-refractivity contribution in [2.24, 2.45) is 0 Å². The minimum absolute atomic E-state index is 0.327. The van der Waals surface area contributed by atoms with E-state index in [1.165, 1.54) is 0 Å². The van der Waals surface area contributed by atoms with Gasteiger partial charge in [-0.1, -0.05) is 59.6 Å². The third-order valence-corrected chi connectivity index (χ3v) is 3.67. The summed E-state index contributed by atoms with van der Waals surface area (Å²) >= 11 is 6.32. The maximum Gasteiger partial charge on any atom is 0.155 e. The van der Waals surface area contributed by atoms with Gasteiger partial charge in [-0.15, -0.1) is 0 Å². The van der Waals surface area contributed by atoms with E-state index in [2.05, 4.69) is 5.10 Å². The van der Waals surface area contributed by atoms with E-state index in [9.17, 15) is 4.79 Å². The van der Waals surface area contributed by atoms with Crippen LogP contribution in [0.25, 0.3) is 16.9 Å². The molecule has 3 aromatic rings. The summed E-state index contributed by atoms with van der Waals surface area (Å²) in [5.74, 6) is 0. The molecule has 0 aliphatic carbocycles. The predicted octanol–water partition coefficient (Wildman–Crippen LogP) is 4.31. The molecule has 0 amide bonds. The van der Waals surface area contributed by atoms with E-state index in [0.29, 0.717) is 16.4 Å². The van der Waals surface area contributed by atoms with Crippen LogP contribution >= 0.6 is 11.6 Å². The van der Waals surface area contributed by atoms with E-state index in [1.54, 1.807) is 4.68 Å². The lowest BCUT2D eigenvalue weighted by Crippen LogP contribution is -1.96. The molecule has 0 atom stereocenters. The SMILES string of the molecule is Cc1ccc(-n2nc(-c3ccccc3)c(C=O)c2Cl)cc1. The van der Waals surface area contributed by atoms with Crippen LogP contribution < -0.4 is 0 Å². The molecule has 0 aliphatic heterocycles. The summed E-state index contributed by atoms with van der Waals surface area (Å²) in [5.41, 5.74) is 3.85. The number of carbonyl (C=O) groups is 1. The molecule has 0 saturated carbocycles. The number of carbonyl (C=O) groups excluding carboxylic acids is 1. The topological polar surface area (TPSA) is 34.9 Å². The lowest BCUT2D eigenvalue weighted by Gasteiger charge is -2.03. The number of halogens is 1. The van der Waals surface area contributed by atoms with Crippen molar-refractivity contribution in [3.8, 4) is 16.9 Å². The number of benzene rings is 2. The zero-order valence-electron chi connectivity index (χ0n) is 11.5. The van der Waals surface area contributed by atoms with Crippen LogP contribution in [-0.4, -0.2) is 16.1 Å². The van der Waals surface area contributed by atoms with Gasteiger partial charge in [0.25, 0.3) is 0 Å². The first-order valence-electron chi connectivity index (χ1n) is 6.57. The number of rotatable bonds is 3. The van der Waals surface area contributed by atoms with Crippen LogP contribution in [0.3, 0.4) is 0 Å². The Kier molecular flexibility index (Phi) is 3.59. The fourth-order valence-corrected chi connectivity index (χ4v) is 2.45. The van der Waals surface area contributed by atoms with E-state index >= 15 is 0 Å². The fraction of sp³-hybridized carbons (Fsp3) is 0.0588. The first kappa shape index (κ1) is 13.6. The molecular weight excluding hydrogens is 284 g/mol. The summed E-state index contributed by atoms with van der Waals surface area (Å²) in [6.45, 7) is 2.01. The largest absolute Gasteiger partial charge is 0.298 e. The minimum Gasteiger partial charge on any atom is -0.298 e. The van der Waals surface area contributed by atoms with Gasteiger partial charge in [0.05, 0.1) is 11.3 Å². The van der Waals surface area contributed by atoms with E-state index in [0.717, 1.165) is 23.1 Å². The molecule has 3 nitrogen and oxygen atoms in total. The Hall–Kier alpha value is -2.39. The zero-order chi connectivity index (χ0) is 14.8. The quantitative estimate of drug-likeness (QED) is 0.675. The van der Waals surface area contributed by atoms with Gasteiger partial charge in [-0.3, -0.25) is 4.79 Å². The van der Waals surface area contributed by atoms with Crippen molar-refractivity contribution in [1.29, 1.82) is 0 Å². The number of hydrogen-bond donors (Lipinski definition) is 0. The monoisotopic (exact) mass is 296 g/mol. The molecule has 0 bridgehead atoms. The number of aromatic nitrogens is 2. The summed E-state index contributed by atoms with van der Waals surface area (Å²) in [4.78, 5) is 11.4. The zero-order valence-corrected chi connectivity index (χ0v) is 12.2. The van der Waals surface area contributed by atoms with E-state index in [-0.39, 0.29) is 0 Å². The Labute approximate surface area is 127 Å². The van der Waals surface area contributed by atoms with Gasteiger partial charge in [-0.2, -0.15) is 5.10 Å². The van der Waals surface area contributed by atoms with Gasteiger partial charge >= 0.3 is 0 Å². The molecule has 0 radical (unpaired) electrons. The normalized spacial score (nSPS) is 10.6. The maximum atomic E-state index is 11.4. The molecule has 0 unspecified atom stereocenters. The summed E-state index contributed by atoms with van der Waals surface area (Å²) in [5, 5.41) is 4.83. The molecule has 1 aromatic heterocycles. The van der Waals surface area contributed by atoms with Crippen molar-refractivity contribution in [2.45, 2.75) is 6.92 Å². The average Bonchev–Trinajstić information content (AvgIpc) is 2.86. The molecule has 3 rings (SSSR count). The van der Waals surface area contributed by atoms with Crippen molar-refractivity contribution in [1.82, 2.24) is 9.78 Å². The van der Waals surface area contributed by atoms with Crippen molar-refractivity contribution < 1.29 is 4.79 Å². The Morgan fingerprint density at radius 3 is 2.33 bits per heavy atom. The van der Waals surface area contributed by atoms with Gasteiger partial charge in [0.1, 0.15) is 10.8 Å². The highest BCUT2D eigenvalue weighted by Crippen LogP contribution is 2.29. The van der Waals surface area contributed by atoms with E-state index < -0.39 is 0 Å². The predicted molar refractivity (Wildman–Crippen MR) is 84.1 cm³/mol. The van der Waals surface area contributed by atoms with Gasteiger partial charge in [0.15, 0.2) is 6.29 Å². The smallest absolute Gasteiger partial charge is 0.155 e. The van der Waals surface area contributed by atoms with E-state index in [4.69, 9.17) is 11.6 Å². The van der Waals surface area contributed by atoms with Crippen LogP contribution in [-0.2, 0) is 0 Å². The fourth-order valence-electron chi connectivity index (χ4n) is 2.18. The second kappa shape index (κ2) is 5.54. The van der Waals surface area contributed by atoms with Gasteiger partial charge < -0.3 is 0 Å². The van der Waals surface area contributed by atoms with Crippen molar-refractivity contribution in [3.05, 3.63) is 70.9 Å². The number of nitrogens with zero attached hydrogens (tertiary/aromatic N) is 2. The third-order valence-electron chi connectivity index (χ3n) is 3.31. The number of aryl methyl sites for hydroxylation is 1. The number of aldehydes is 1. The van der Waals surface area contributed by atoms with Crippen LogP contribution in [0.4, 0.5) is 0 Å². The molecule has 0 N–H and O–H groups in total. The van der Waals surface area contributed by atoms with Crippen molar-refractivity contribution >= 4 is 17.9 Å². The van der Waals surface area contributed by atoms with Gasteiger partial charge in [-0.05, 0) is 19.1 Å². The maximum absolute atomic E-state index is 11.4. The molecule has 104 valence electrons. The second-order valence-corrected chi connectivity index (χ2v) is 5.14. The highest BCUT2D eigenvalue weighted by molar-refractivity contribution is 6.32. The second-order valence-electron chi connectivity index (χ2n) is 4.78. The lowest BCUT2D eigenvalue weighted by molar-refractivity contribution is 0.112. The van der Waals surface area contributed by atoms with Crippen LogP contribution in [0.5, 0.6) is 0 Å². The molecule has 1 heterocycles. The molecule has 0 aliphatic rings. The van der Waals surface area contributed by atoms with Crippen LogP contribution in [0.2, 0.25) is 5.15 Å². The van der Waals surface area contributed by atoms with Gasteiger partial charge in [0.2, 0.25) is 0 Å². The first-order chi connectivity index (χ1) is 10.2. The highest BCUT2D eigenvalue weighted by atomic mass is 35.5. The Balaban J connectivity index is 2.18. The first-order valence-corrected chi connectivity index (χ1v) is 6.94. The third kappa shape index (κ3) is 2.48. The van der Waals surface area contributed by atoms with Crippen LogP contribution in [0.15, 0.2) is 54.6 Å². The highest BCUT2D eigenvalue weighted by Gasteiger charge is 2.18. The molecule has 2 aromatic carbocycles. The van der Waals surface area contributed by atoms with Gasteiger partial charge in [0, 0.05) is 5.56 Å². The van der Waals surface area contributed by atoms with Gasteiger partial charge in [-0.25, -0.2) is 4.68 Å². The van der Waals surface area contributed by atoms with Crippen LogP contribution in [0.1, 0.15) is 15.9 Å². The molecular formula is C17H13ClN2O. The summed E-state index contributed by atoms with van der Waals surface area (Å²) in [7, 11) is 0. The van der Waals surface area contributed by atoms with Crippen molar-refractivity contribution in [3.63, 3.8) is 0 Å². The molecule has 0 spiro atoms. The lowest BCUT2D eigenvalue weighted by atomic mass is 10.1. The number of hydrogen-bond acceptors (Lipinski definition) is 2. The minimum atomic E-state index is 0.327. The molecule has 0 fully saturated rings. The summed E-state index contributed by atoms with van der Waals surface area (Å²) in [6.07, 6.45) is 0.752. The standard InChI is InChI=1S/C17H13ClN2O/c1-12-7-9-14(10-8-12)20-17(18)15(11-21)16(19-20)13-5-3-2-4-6-13/h2-11H,1H3. The summed E-state index contributed by atoms with van der Waals surface area (Å²) < 4.78 is 1.59.